The minimum absolute atomic E-state index is 0.290. The van der Waals surface area contributed by atoms with Gasteiger partial charge in [0.25, 0.3) is 0 Å². The first kappa shape index (κ1) is 16.9. The average molecular weight is 349 g/mol. The summed E-state index contributed by atoms with van der Waals surface area (Å²) in [6.45, 7) is 0. The Bertz CT molecular complexity index is 918. The molecule has 1 nitrogen and oxygen atoms in total. The first-order chi connectivity index (χ1) is 13.1. The normalized spacial score (nSPS) is 23.8. The predicted octanol–water partition coefficient (Wildman–Crippen LogP) is 3.88. The number of benzene rings is 2. The highest BCUT2D eigenvalue weighted by Gasteiger charge is 2.53. The van der Waals surface area contributed by atoms with E-state index in [0.717, 1.165) is 29.0 Å². The van der Waals surface area contributed by atoms with Gasteiger partial charge >= 0.3 is 0 Å². The zero-order chi connectivity index (χ0) is 18.4. The van der Waals surface area contributed by atoms with Crippen LogP contribution in [0.3, 0.4) is 0 Å². The SMILES string of the molecule is BC(B)(c1ccc(-c2ccc(-c3ccccc3)nc2)cc1)C1C2CCC1C2. The van der Waals surface area contributed by atoms with Gasteiger partial charge in [0.1, 0.15) is 15.7 Å². The summed E-state index contributed by atoms with van der Waals surface area (Å²) in [7, 11) is 4.90. The van der Waals surface area contributed by atoms with Crippen molar-refractivity contribution in [2.45, 2.75) is 24.5 Å². The second-order valence-electron chi connectivity index (χ2n) is 8.96. The molecule has 1 aromatic heterocycles. The lowest BCUT2D eigenvalue weighted by Gasteiger charge is -2.48. The Morgan fingerprint density at radius 3 is 2.00 bits per heavy atom. The monoisotopic (exact) mass is 349 g/mol. The summed E-state index contributed by atoms with van der Waals surface area (Å²) in [4.78, 5) is 4.68. The lowest BCUT2D eigenvalue weighted by atomic mass is 9.39. The summed E-state index contributed by atoms with van der Waals surface area (Å²) in [6, 6.07) is 23.9. The highest BCUT2D eigenvalue weighted by molar-refractivity contribution is 6.40. The third kappa shape index (κ3) is 2.84. The lowest BCUT2D eigenvalue weighted by Crippen LogP contribution is -2.47. The van der Waals surface area contributed by atoms with Crippen molar-refractivity contribution in [3.63, 3.8) is 0 Å². The summed E-state index contributed by atoms with van der Waals surface area (Å²) >= 11 is 0. The van der Waals surface area contributed by atoms with Gasteiger partial charge in [0.2, 0.25) is 0 Å². The van der Waals surface area contributed by atoms with Crippen molar-refractivity contribution in [2.24, 2.45) is 17.8 Å². The number of rotatable bonds is 4. The zero-order valence-corrected chi connectivity index (χ0v) is 16.2. The van der Waals surface area contributed by atoms with E-state index in [1.165, 1.54) is 36.0 Å². The number of pyridine rings is 1. The molecule has 0 saturated heterocycles. The minimum atomic E-state index is 0.290. The van der Waals surface area contributed by atoms with Crippen LogP contribution in [0.25, 0.3) is 22.4 Å². The van der Waals surface area contributed by atoms with Gasteiger partial charge in [-0.15, -0.1) is 0 Å². The summed E-state index contributed by atoms with van der Waals surface area (Å²) in [5, 5.41) is 0.290. The number of aromatic nitrogens is 1. The van der Waals surface area contributed by atoms with E-state index in [4.69, 9.17) is 0 Å². The first-order valence-electron chi connectivity index (χ1n) is 10.3. The Labute approximate surface area is 164 Å². The van der Waals surface area contributed by atoms with Crippen molar-refractivity contribution < 1.29 is 0 Å². The quantitative estimate of drug-likeness (QED) is 0.652. The van der Waals surface area contributed by atoms with Crippen molar-refractivity contribution in [3.05, 3.63) is 78.5 Å². The van der Waals surface area contributed by atoms with Crippen LogP contribution in [0.1, 0.15) is 24.8 Å². The molecule has 0 radical (unpaired) electrons. The van der Waals surface area contributed by atoms with Crippen molar-refractivity contribution in [2.75, 3.05) is 0 Å². The van der Waals surface area contributed by atoms with Gasteiger partial charge in [-0.3, -0.25) is 4.98 Å². The van der Waals surface area contributed by atoms with Crippen LogP contribution in [-0.2, 0) is 5.21 Å². The number of hydrogen-bond acceptors (Lipinski definition) is 1. The van der Waals surface area contributed by atoms with Gasteiger partial charge in [0, 0.05) is 17.3 Å². The molecule has 2 unspecified atom stereocenters. The molecule has 6 rings (SSSR count). The molecule has 3 aliphatic carbocycles. The fraction of sp³-hybridized carbons (Fsp3) is 0.292. The molecule has 2 aromatic carbocycles. The maximum atomic E-state index is 4.68. The maximum absolute atomic E-state index is 4.68. The zero-order valence-electron chi connectivity index (χ0n) is 16.2. The summed E-state index contributed by atoms with van der Waals surface area (Å²) < 4.78 is 0. The van der Waals surface area contributed by atoms with E-state index in [9.17, 15) is 0 Å². The van der Waals surface area contributed by atoms with Crippen LogP contribution < -0.4 is 0 Å². The van der Waals surface area contributed by atoms with Crippen LogP contribution in [0.4, 0.5) is 0 Å². The van der Waals surface area contributed by atoms with Crippen molar-refractivity contribution in [1.29, 1.82) is 0 Å². The molecule has 3 heteroatoms. The fourth-order valence-corrected chi connectivity index (χ4v) is 5.70. The smallest absolute Gasteiger partial charge is 0.105 e. The number of nitrogens with zero attached hydrogens (tertiary/aromatic N) is 1. The Morgan fingerprint density at radius 1 is 0.741 bits per heavy atom. The van der Waals surface area contributed by atoms with Crippen LogP contribution >= 0.6 is 0 Å². The third-order valence-electron chi connectivity index (χ3n) is 7.16. The van der Waals surface area contributed by atoms with Crippen LogP contribution in [0.15, 0.2) is 72.9 Å². The average Bonchev–Trinajstić information content (AvgIpc) is 3.34. The van der Waals surface area contributed by atoms with Gasteiger partial charge in [0.05, 0.1) is 5.69 Å². The van der Waals surface area contributed by atoms with E-state index in [2.05, 4.69) is 81.3 Å². The van der Waals surface area contributed by atoms with E-state index in [-0.39, 0.29) is 5.21 Å². The highest BCUT2D eigenvalue weighted by atomic mass is 14.7. The molecule has 0 amide bonds. The predicted molar refractivity (Wildman–Crippen MR) is 118 cm³/mol. The van der Waals surface area contributed by atoms with Crippen LogP contribution in [0.5, 0.6) is 0 Å². The Balaban J connectivity index is 1.37. The van der Waals surface area contributed by atoms with Crippen molar-refractivity contribution in [1.82, 2.24) is 4.98 Å². The van der Waals surface area contributed by atoms with Crippen molar-refractivity contribution in [3.8, 4) is 22.4 Å². The van der Waals surface area contributed by atoms with E-state index < -0.39 is 0 Å². The summed E-state index contributed by atoms with van der Waals surface area (Å²) in [5.41, 5.74) is 6.11. The fourth-order valence-electron chi connectivity index (χ4n) is 5.70. The maximum Gasteiger partial charge on any atom is 0.105 e. The van der Waals surface area contributed by atoms with Gasteiger partial charge in [-0.05, 0) is 48.6 Å². The summed E-state index contributed by atoms with van der Waals surface area (Å²) in [5.74, 6) is 2.83. The Kier molecular flexibility index (Phi) is 4.00. The van der Waals surface area contributed by atoms with E-state index in [1.54, 1.807) is 0 Å². The van der Waals surface area contributed by atoms with Gasteiger partial charge < -0.3 is 0 Å². The van der Waals surface area contributed by atoms with E-state index in [0.29, 0.717) is 0 Å². The first-order valence-corrected chi connectivity index (χ1v) is 10.3. The lowest BCUT2D eigenvalue weighted by molar-refractivity contribution is 0.135. The van der Waals surface area contributed by atoms with Crippen LogP contribution in [0.2, 0.25) is 0 Å². The molecule has 27 heavy (non-hydrogen) atoms. The largest absolute Gasteiger partial charge is 0.256 e. The van der Waals surface area contributed by atoms with E-state index in [1.807, 2.05) is 12.3 Å². The Morgan fingerprint density at radius 2 is 1.41 bits per heavy atom. The van der Waals surface area contributed by atoms with Gasteiger partial charge in [-0.2, -0.15) is 0 Å². The molecule has 3 fully saturated rings. The molecule has 2 bridgehead atoms. The van der Waals surface area contributed by atoms with Gasteiger partial charge in [0.15, 0.2) is 0 Å². The second-order valence-corrected chi connectivity index (χ2v) is 8.96. The molecule has 0 aliphatic heterocycles. The molecule has 3 saturated carbocycles. The van der Waals surface area contributed by atoms with Gasteiger partial charge in [-0.1, -0.05) is 71.4 Å². The molecule has 0 N–H and O–H groups in total. The summed E-state index contributed by atoms with van der Waals surface area (Å²) in [6.07, 6.45) is 6.38. The molecule has 1 heterocycles. The number of hydrogen-bond donors (Lipinski definition) is 0. The Hall–Kier alpha value is -2.28. The highest BCUT2D eigenvalue weighted by Crippen LogP contribution is 2.59. The molecule has 0 spiro atoms. The van der Waals surface area contributed by atoms with Gasteiger partial charge in [-0.25, -0.2) is 0 Å². The minimum Gasteiger partial charge on any atom is -0.256 e. The second kappa shape index (κ2) is 6.41. The number of fused-ring (bicyclic) bond motifs is 1. The third-order valence-corrected chi connectivity index (χ3v) is 7.16. The van der Waals surface area contributed by atoms with Crippen LogP contribution in [-0.4, -0.2) is 20.7 Å². The van der Waals surface area contributed by atoms with Crippen LogP contribution in [0, 0.1) is 17.8 Å². The molecule has 2 atom stereocenters. The molecule has 132 valence electrons. The topological polar surface area (TPSA) is 12.9 Å². The standard InChI is InChI=1S/C24H25B2N/c25-24(26,23-18-6-7-19(23)14-18)21-11-8-16(9-12-21)20-10-13-22(27-15-20)17-4-2-1-3-5-17/h1-5,8-13,15,18-19,23H,6-7,14,25-26H2. The van der Waals surface area contributed by atoms with E-state index >= 15 is 0 Å². The molecular weight excluding hydrogens is 324 g/mol. The van der Waals surface area contributed by atoms with Crippen molar-refractivity contribution >= 4 is 15.7 Å². The molecular formula is C24H25B2N. The molecule has 3 aromatic rings. The molecule has 3 aliphatic rings.